The second-order valence-electron chi connectivity index (χ2n) is 5.49. The van der Waals surface area contributed by atoms with E-state index >= 15 is 0 Å². The Labute approximate surface area is 125 Å². The number of hydrogen-bond acceptors (Lipinski definition) is 3. The lowest BCUT2D eigenvalue weighted by Crippen LogP contribution is -2.09. The van der Waals surface area contributed by atoms with E-state index in [1.54, 1.807) is 24.3 Å². The molecule has 0 aromatic heterocycles. The molecule has 0 spiro atoms. The Hall–Kier alpha value is -2.36. The maximum atomic E-state index is 10.7. The summed E-state index contributed by atoms with van der Waals surface area (Å²) in [4.78, 5) is 10.3. The molecule has 21 heavy (non-hydrogen) atoms. The first-order valence-corrected chi connectivity index (χ1v) is 6.97. The number of aryl methyl sites for hydroxylation is 3. The number of anilines is 1. The molecular weight excluding hydrogens is 264 g/mol. The smallest absolute Gasteiger partial charge is 0.269 e. The number of hydrogen-bond donors (Lipinski definition) is 1. The van der Waals surface area contributed by atoms with Crippen LogP contribution in [0.2, 0.25) is 0 Å². The predicted octanol–water partition coefficient (Wildman–Crippen LogP) is 4.69. The summed E-state index contributed by atoms with van der Waals surface area (Å²) in [7, 11) is 0. The van der Waals surface area contributed by atoms with E-state index < -0.39 is 0 Å². The minimum absolute atomic E-state index is 0.0888. The number of non-ortho nitro benzene ring substituents is 1. The normalized spacial score (nSPS) is 12.0. The van der Waals surface area contributed by atoms with Gasteiger partial charge in [0, 0.05) is 23.9 Å². The molecule has 0 radical (unpaired) electrons. The number of rotatable bonds is 4. The molecule has 2 aromatic carbocycles. The first kappa shape index (κ1) is 15.0. The van der Waals surface area contributed by atoms with E-state index in [0.717, 1.165) is 11.3 Å². The highest BCUT2D eigenvalue weighted by Crippen LogP contribution is 2.27. The third kappa shape index (κ3) is 3.40. The van der Waals surface area contributed by atoms with Crippen LogP contribution in [-0.2, 0) is 0 Å². The van der Waals surface area contributed by atoms with Crippen molar-refractivity contribution in [2.75, 3.05) is 5.32 Å². The van der Waals surface area contributed by atoms with Gasteiger partial charge in [-0.25, -0.2) is 0 Å². The van der Waals surface area contributed by atoms with E-state index in [-0.39, 0.29) is 16.7 Å². The summed E-state index contributed by atoms with van der Waals surface area (Å²) in [6.45, 7) is 8.32. The Morgan fingerprint density at radius 3 is 2.05 bits per heavy atom. The number of nitrogens with one attached hydrogen (secondary N) is 1. The van der Waals surface area contributed by atoms with Gasteiger partial charge in [0.1, 0.15) is 0 Å². The fourth-order valence-electron chi connectivity index (χ4n) is 2.59. The van der Waals surface area contributed by atoms with E-state index in [1.165, 1.54) is 16.7 Å². The van der Waals surface area contributed by atoms with Crippen molar-refractivity contribution in [1.29, 1.82) is 0 Å². The zero-order valence-electron chi connectivity index (χ0n) is 12.8. The summed E-state index contributed by atoms with van der Waals surface area (Å²) in [5.41, 5.74) is 5.95. The molecule has 0 aliphatic heterocycles. The second-order valence-corrected chi connectivity index (χ2v) is 5.49. The Morgan fingerprint density at radius 2 is 1.57 bits per heavy atom. The molecule has 0 heterocycles. The van der Waals surface area contributed by atoms with Crippen LogP contribution in [0.5, 0.6) is 0 Å². The second kappa shape index (κ2) is 5.95. The first-order chi connectivity index (χ1) is 9.88. The highest BCUT2D eigenvalue weighted by molar-refractivity contribution is 5.59. The molecule has 0 saturated heterocycles. The monoisotopic (exact) mass is 284 g/mol. The van der Waals surface area contributed by atoms with Crippen LogP contribution >= 0.6 is 0 Å². The maximum Gasteiger partial charge on any atom is 0.269 e. The van der Waals surface area contributed by atoms with Crippen LogP contribution in [0.3, 0.4) is 0 Å². The SMILES string of the molecule is Cc1cc(C)c(NC(C)c2ccc([N+](=O)[O-])cc2)c(C)c1. The van der Waals surface area contributed by atoms with Crippen molar-refractivity contribution in [3.8, 4) is 0 Å². The first-order valence-electron chi connectivity index (χ1n) is 6.97. The molecule has 110 valence electrons. The van der Waals surface area contributed by atoms with Crippen LogP contribution in [0.15, 0.2) is 36.4 Å². The summed E-state index contributed by atoms with van der Waals surface area (Å²) in [6.07, 6.45) is 0. The van der Waals surface area contributed by atoms with Crippen molar-refractivity contribution in [1.82, 2.24) is 0 Å². The minimum Gasteiger partial charge on any atom is -0.378 e. The lowest BCUT2D eigenvalue weighted by molar-refractivity contribution is -0.384. The molecule has 0 aliphatic rings. The molecule has 1 unspecified atom stereocenters. The summed E-state index contributed by atoms with van der Waals surface area (Å²) >= 11 is 0. The number of nitrogens with zero attached hydrogens (tertiary/aromatic N) is 1. The molecule has 2 aromatic rings. The quantitative estimate of drug-likeness (QED) is 0.654. The van der Waals surface area contributed by atoms with E-state index in [2.05, 4.69) is 45.1 Å². The van der Waals surface area contributed by atoms with E-state index in [9.17, 15) is 10.1 Å². The van der Waals surface area contributed by atoms with Gasteiger partial charge in [0.2, 0.25) is 0 Å². The summed E-state index contributed by atoms with van der Waals surface area (Å²) < 4.78 is 0. The molecule has 0 fully saturated rings. The van der Waals surface area contributed by atoms with E-state index in [0.29, 0.717) is 0 Å². The van der Waals surface area contributed by atoms with Crippen molar-refractivity contribution < 1.29 is 4.92 Å². The van der Waals surface area contributed by atoms with Crippen molar-refractivity contribution in [3.05, 3.63) is 68.8 Å². The Bertz CT molecular complexity index is 640. The number of nitro groups is 1. The molecule has 2 rings (SSSR count). The zero-order valence-corrected chi connectivity index (χ0v) is 12.8. The van der Waals surface area contributed by atoms with Gasteiger partial charge in [0.05, 0.1) is 4.92 Å². The maximum absolute atomic E-state index is 10.7. The standard InChI is InChI=1S/C17H20N2O2/c1-11-9-12(2)17(13(3)10-11)18-14(4)15-5-7-16(8-6-15)19(20)21/h5-10,14,18H,1-4H3. The summed E-state index contributed by atoms with van der Waals surface area (Å²) in [5.74, 6) is 0. The lowest BCUT2D eigenvalue weighted by Gasteiger charge is -2.20. The minimum atomic E-state index is -0.379. The highest BCUT2D eigenvalue weighted by Gasteiger charge is 2.11. The fourth-order valence-corrected chi connectivity index (χ4v) is 2.59. The molecule has 1 atom stereocenters. The van der Waals surface area contributed by atoms with E-state index in [4.69, 9.17) is 0 Å². The molecule has 0 bridgehead atoms. The summed E-state index contributed by atoms with van der Waals surface area (Å²) in [6, 6.07) is 11.1. The van der Waals surface area contributed by atoms with Crippen LogP contribution in [-0.4, -0.2) is 4.92 Å². The van der Waals surface area contributed by atoms with Crippen molar-refractivity contribution in [3.63, 3.8) is 0 Å². The Balaban J connectivity index is 2.22. The molecule has 4 nitrogen and oxygen atoms in total. The molecule has 0 saturated carbocycles. The van der Waals surface area contributed by atoms with Gasteiger partial charge in [-0.15, -0.1) is 0 Å². The largest absolute Gasteiger partial charge is 0.378 e. The Kier molecular flexibility index (Phi) is 4.26. The predicted molar refractivity (Wildman–Crippen MR) is 85.8 cm³/mol. The van der Waals surface area contributed by atoms with Gasteiger partial charge in [-0.2, -0.15) is 0 Å². The number of nitro benzene ring substituents is 1. The van der Waals surface area contributed by atoms with Gasteiger partial charge in [-0.1, -0.05) is 29.8 Å². The zero-order chi connectivity index (χ0) is 15.6. The van der Waals surface area contributed by atoms with Crippen LogP contribution in [0.25, 0.3) is 0 Å². The van der Waals surface area contributed by atoms with Gasteiger partial charge in [-0.05, 0) is 44.4 Å². The summed E-state index contributed by atoms with van der Waals surface area (Å²) in [5, 5.41) is 14.2. The molecule has 0 amide bonds. The molecule has 4 heteroatoms. The highest BCUT2D eigenvalue weighted by atomic mass is 16.6. The molecule has 1 N–H and O–H groups in total. The molecular formula is C17H20N2O2. The topological polar surface area (TPSA) is 55.2 Å². The van der Waals surface area contributed by atoms with Crippen LogP contribution < -0.4 is 5.32 Å². The fraction of sp³-hybridized carbons (Fsp3) is 0.294. The number of benzene rings is 2. The third-order valence-electron chi connectivity index (χ3n) is 3.64. The third-order valence-corrected chi connectivity index (χ3v) is 3.64. The van der Waals surface area contributed by atoms with Crippen LogP contribution in [0, 0.1) is 30.9 Å². The average Bonchev–Trinajstić information content (AvgIpc) is 2.42. The molecule has 0 aliphatic carbocycles. The van der Waals surface area contributed by atoms with Gasteiger partial charge >= 0.3 is 0 Å². The van der Waals surface area contributed by atoms with Crippen molar-refractivity contribution in [2.24, 2.45) is 0 Å². The lowest BCUT2D eigenvalue weighted by atomic mass is 10.0. The van der Waals surface area contributed by atoms with Gasteiger partial charge in [-0.3, -0.25) is 10.1 Å². The average molecular weight is 284 g/mol. The van der Waals surface area contributed by atoms with Gasteiger partial charge in [0.15, 0.2) is 0 Å². The van der Waals surface area contributed by atoms with Crippen LogP contribution in [0.1, 0.15) is 35.2 Å². The van der Waals surface area contributed by atoms with Gasteiger partial charge in [0.25, 0.3) is 5.69 Å². The van der Waals surface area contributed by atoms with Crippen LogP contribution in [0.4, 0.5) is 11.4 Å². The van der Waals surface area contributed by atoms with Crippen molar-refractivity contribution >= 4 is 11.4 Å². The van der Waals surface area contributed by atoms with E-state index in [1.807, 2.05) is 0 Å². The van der Waals surface area contributed by atoms with Gasteiger partial charge < -0.3 is 5.32 Å². The Morgan fingerprint density at radius 1 is 1.05 bits per heavy atom. The van der Waals surface area contributed by atoms with Crippen molar-refractivity contribution in [2.45, 2.75) is 33.7 Å².